The predicted octanol–water partition coefficient (Wildman–Crippen LogP) is 3.34. The van der Waals surface area contributed by atoms with Crippen LogP contribution >= 0.6 is 12.4 Å². The Bertz CT molecular complexity index is 223. The van der Waals surface area contributed by atoms with Crippen LogP contribution in [0.1, 0.15) is 37.7 Å². The Morgan fingerprint density at radius 3 is 2.36 bits per heavy atom. The molecule has 0 amide bonds. The molecule has 1 atom stereocenters. The van der Waals surface area contributed by atoms with Gasteiger partial charge in [-0.25, -0.2) is 0 Å². The molecule has 1 aromatic rings. The lowest BCUT2D eigenvalue weighted by Gasteiger charge is -2.10. The fraction of sp³-hybridized carbons (Fsp3) is 0.500. The van der Waals surface area contributed by atoms with Crippen molar-refractivity contribution in [1.29, 1.82) is 0 Å². The molecule has 0 radical (unpaired) electrons. The minimum Gasteiger partial charge on any atom is -0.330 e. The van der Waals surface area contributed by atoms with Gasteiger partial charge in [0.25, 0.3) is 0 Å². The van der Waals surface area contributed by atoms with Crippen molar-refractivity contribution < 1.29 is 0 Å². The molecule has 2 heteroatoms. The second-order valence-corrected chi connectivity index (χ2v) is 3.60. The molecule has 0 aliphatic rings. The zero-order valence-electron chi connectivity index (χ0n) is 8.78. The number of hydrogen-bond donors (Lipinski definition) is 1. The second-order valence-electron chi connectivity index (χ2n) is 3.60. The van der Waals surface area contributed by atoms with Gasteiger partial charge >= 0.3 is 0 Å². The monoisotopic (exact) mass is 213 g/mol. The van der Waals surface area contributed by atoms with E-state index < -0.39 is 0 Å². The fourth-order valence-corrected chi connectivity index (χ4v) is 1.54. The van der Waals surface area contributed by atoms with Crippen LogP contribution in [0, 0.1) is 0 Å². The van der Waals surface area contributed by atoms with Crippen LogP contribution in [0.4, 0.5) is 0 Å². The molecule has 0 aliphatic carbocycles. The van der Waals surface area contributed by atoms with Crippen LogP contribution in [-0.2, 0) is 0 Å². The molecular formula is C12H20ClN. The van der Waals surface area contributed by atoms with Crippen LogP contribution in [0.2, 0.25) is 0 Å². The first kappa shape index (κ1) is 13.5. The van der Waals surface area contributed by atoms with Crippen molar-refractivity contribution in [3.8, 4) is 0 Å². The zero-order valence-corrected chi connectivity index (χ0v) is 9.59. The third kappa shape index (κ3) is 4.64. The molecule has 1 unspecified atom stereocenters. The van der Waals surface area contributed by atoms with Crippen molar-refractivity contribution in [2.45, 2.75) is 32.1 Å². The summed E-state index contributed by atoms with van der Waals surface area (Å²) in [5.41, 5.74) is 6.90. The maximum Gasteiger partial charge on any atom is -0.00773 e. The van der Waals surface area contributed by atoms with E-state index in [2.05, 4.69) is 37.3 Å². The summed E-state index contributed by atoms with van der Waals surface area (Å²) in [5, 5.41) is 0. The summed E-state index contributed by atoms with van der Waals surface area (Å²) in [5.74, 6) is 0.674. The topological polar surface area (TPSA) is 26.0 Å². The summed E-state index contributed by atoms with van der Waals surface area (Å²) >= 11 is 0. The standard InChI is InChI=1S/C12H19N.ClH/c1-11(7-5-6-10-13)12-8-3-2-4-9-12;/h2-4,8-9,11H,5-7,10,13H2,1H3;1H. The molecule has 0 saturated carbocycles. The third-order valence-corrected chi connectivity index (χ3v) is 2.46. The smallest absolute Gasteiger partial charge is 0.00773 e. The molecule has 0 bridgehead atoms. The molecule has 0 aliphatic heterocycles. The second kappa shape index (κ2) is 7.84. The normalized spacial score (nSPS) is 11.9. The maximum absolute atomic E-state index is 5.45. The van der Waals surface area contributed by atoms with Crippen molar-refractivity contribution in [3.63, 3.8) is 0 Å². The number of rotatable bonds is 5. The average Bonchev–Trinajstić information content (AvgIpc) is 2.19. The molecular weight excluding hydrogens is 194 g/mol. The van der Waals surface area contributed by atoms with Crippen molar-refractivity contribution in [1.82, 2.24) is 0 Å². The predicted molar refractivity (Wildman–Crippen MR) is 65.0 cm³/mol. The third-order valence-electron chi connectivity index (χ3n) is 2.46. The molecule has 0 aromatic heterocycles. The quantitative estimate of drug-likeness (QED) is 0.746. The van der Waals surface area contributed by atoms with Gasteiger partial charge in [0, 0.05) is 0 Å². The van der Waals surface area contributed by atoms with Gasteiger partial charge in [0.05, 0.1) is 0 Å². The molecule has 0 spiro atoms. The van der Waals surface area contributed by atoms with Crippen molar-refractivity contribution in [2.24, 2.45) is 5.73 Å². The Morgan fingerprint density at radius 2 is 1.79 bits per heavy atom. The van der Waals surface area contributed by atoms with Gasteiger partial charge in [0.2, 0.25) is 0 Å². The number of hydrogen-bond acceptors (Lipinski definition) is 1. The number of nitrogens with two attached hydrogens (primary N) is 1. The molecule has 0 saturated heterocycles. The van der Waals surface area contributed by atoms with Crippen LogP contribution < -0.4 is 5.73 Å². The van der Waals surface area contributed by atoms with Crippen LogP contribution in [-0.4, -0.2) is 6.54 Å². The number of unbranched alkanes of at least 4 members (excludes halogenated alkanes) is 1. The zero-order chi connectivity index (χ0) is 9.52. The first-order chi connectivity index (χ1) is 6.34. The van der Waals surface area contributed by atoms with E-state index in [0.717, 1.165) is 13.0 Å². The van der Waals surface area contributed by atoms with Gasteiger partial charge in [-0.1, -0.05) is 43.7 Å². The van der Waals surface area contributed by atoms with Crippen LogP contribution in [0.15, 0.2) is 30.3 Å². The lowest BCUT2D eigenvalue weighted by molar-refractivity contribution is 0.609. The lowest BCUT2D eigenvalue weighted by Crippen LogP contribution is -2.00. The molecule has 1 aromatic carbocycles. The highest BCUT2D eigenvalue weighted by Crippen LogP contribution is 2.20. The van der Waals surface area contributed by atoms with E-state index in [0.29, 0.717) is 5.92 Å². The molecule has 0 heterocycles. The highest BCUT2D eigenvalue weighted by Gasteiger charge is 2.03. The Balaban J connectivity index is 0.00000169. The van der Waals surface area contributed by atoms with E-state index in [4.69, 9.17) is 5.73 Å². The van der Waals surface area contributed by atoms with Gasteiger partial charge in [0.15, 0.2) is 0 Å². The Kier molecular flexibility index (Phi) is 7.54. The largest absolute Gasteiger partial charge is 0.330 e. The average molecular weight is 214 g/mol. The molecule has 80 valence electrons. The highest BCUT2D eigenvalue weighted by molar-refractivity contribution is 5.85. The van der Waals surface area contributed by atoms with Crippen LogP contribution in [0.3, 0.4) is 0 Å². The Hall–Kier alpha value is -0.530. The van der Waals surface area contributed by atoms with Crippen molar-refractivity contribution in [3.05, 3.63) is 35.9 Å². The Labute approximate surface area is 93.1 Å². The van der Waals surface area contributed by atoms with E-state index in [1.807, 2.05) is 0 Å². The maximum atomic E-state index is 5.45. The number of benzene rings is 1. The van der Waals surface area contributed by atoms with Gasteiger partial charge in [-0.2, -0.15) is 0 Å². The fourth-order valence-electron chi connectivity index (χ4n) is 1.54. The SMILES string of the molecule is CC(CCCCN)c1ccccc1.Cl. The van der Waals surface area contributed by atoms with E-state index in [1.54, 1.807) is 0 Å². The molecule has 14 heavy (non-hydrogen) atoms. The summed E-state index contributed by atoms with van der Waals surface area (Å²) in [6.07, 6.45) is 3.64. The summed E-state index contributed by atoms with van der Waals surface area (Å²) in [6.45, 7) is 3.10. The summed E-state index contributed by atoms with van der Waals surface area (Å²) < 4.78 is 0. The molecule has 1 rings (SSSR count). The van der Waals surface area contributed by atoms with Gasteiger partial charge in [-0.3, -0.25) is 0 Å². The van der Waals surface area contributed by atoms with E-state index in [9.17, 15) is 0 Å². The first-order valence-corrected chi connectivity index (χ1v) is 5.09. The minimum atomic E-state index is 0. The summed E-state index contributed by atoms with van der Waals surface area (Å²) in [7, 11) is 0. The van der Waals surface area contributed by atoms with Crippen molar-refractivity contribution >= 4 is 12.4 Å². The Morgan fingerprint density at radius 1 is 1.14 bits per heavy atom. The van der Waals surface area contributed by atoms with Gasteiger partial charge < -0.3 is 5.73 Å². The molecule has 1 nitrogen and oxygen atoms in total. The van der Waals surface area contributed by atoms with E-state index >= 15 is 0 Å². The van der Waals surface area contributed by atoms with E-state index in [-0.39, 0.29) is 12.4 Å². The first-order valence-electron chi connectivity index (χ1n) is 5.09. The van der Waals surface area contributed by atoms with Gasteiger partial charge in [-0.05, 0) is 30.9 Å². The molecule has 0 fully saturated rings. The lowest BCUT2D eigenvalue weighted by atomic mass is 9.96. The minimum absolute atomic E-state index is 0. The highest BCUT2D eigenvalue weighted by atomic mass is 35.5. The van der Waals surface area contributed by atoms with Crippen LogP contribution in [0.25, 0.3) is 0 Å². The van der Waals surface area contributed by atoms with Gasteiger partial charge in [0.1, 0.15) is 0 Å². The number of halogens is 1. The van der Waals surface area contributed by atoms with Gasteiger partial charge in [-0.15, -0.1) is 12.4 Å². The van der Waals surface area contributed by atoms with Crippen molar-refractivity contribution in [2.75, 3.05) is 6.54 Å². The van der Waals surface area contributed by atoms with Crippen LogP contribution in [0.5, 0.6) is 0 Å². The molecule has 2 N–H and O–H groups in total. The van der Waals surface area contributed by atoms with E-state index in [1.165, 1.54) is 18.4 Å². The summed E-state index contributed by atoms with van der Waals surface area (Å²) in [6, 6.07) is 10.7. The summed E-state index contributed by atoms with van der Waals surface area (Å²) in [4.78, 5) is 0.